The van der Waals surface area contributed by atoms with Crippen molar-refractivity contribution in [3.8, 4) is 0 Å². The fourth-order valence-electron chi connectivity index (χ4n) is 2.09. The van der Waals surface area contributed by atoms with Crippen LogP contribution in [0.3, 0.4) is 0 Å². The van der Waals surface area contributed by atoms with Gasteiger partial charge in [0.15, 0.2) is 0 Å². The third-order valence-electron chi connectivity index (χ3n) is 2.98. The molecule has 1 rings (SSSR count). The summed E-state index contributed by atoms with van der Waals surface area (Å²) in [6.45, 7) is 7.21. The normalized spacial score (nSPS) is 11.6. The maximum absolute atomic E-state index is 12.0. The maximum atomic E-state index is 12.0. The van der Waals surface area contributed by atoms with E-state index in [2.05, 4.69) is 0 Å². The largest absolute Gasteiger partial charge is 0.463 e. The molecule has 0 bridgehead atoms. The summed E-state index contributed by atoms with van der Waals surface area (Å²) in [4.78, 5) is 25.4. The van der Waals surface area contributed by atoms with Gasteiger partial charge in [-0.05, 0) is 32.4 Å². The Morgan fingerprint density at radius 1 is 1.10 bits per heavy atom. The van der Waals surface area contributed by atoms with Crippen molar-refractivity contribution in [2.24, 2.45) is 0 Å². The Kier molecular flexibility index (Phi) is 5.97. The lowest BCUT2D eigenvalue weighted by Gasteiger charge is -2.24. The summed E-state index contributed by atoms with van der Waals surface area (Å²) < 4.78 is 5.05. The highest BCUT2D eigenvalue weighted by molar-refractivity contribution is 5.98. The van der Waals surface area contributed by atoms with E-state index in [0.717, 1.165) is 5.69 Å². The summed E-state index contributed by atoms with van der Waals surface area (Å²) in [5, 5.41) is 0. The summed E-state index contributed by atoms with van der Waals surface area (Å²) in [5.41, 5.74) is 1.88. The van der Waals surface area contributed by atoms with Gasteiger partial charge in [-0.3, -0.25) is 9.69 Å². The lowest BCUT2D eigenvalue weighted by Crippen LogP contribution is -2.29. The number of allylic oxidation sites excluding steroid dienone is 1. The Morgan fingerprint density at radius 3 is 2.15 bits per heavy atom. The summed E-state index contributed by atoms with van der Waals surface area (Å²) >= 11 is 0. The lowest BCUT2D eigenvalue weighted by molar-refractivity contribution is -0.138. The van der Waals surface area contributed by atoms with Crippen molar-refractivity contribution in [3.05, 3.63) is 41.6 Å². The number of carbonyl (C=O) groups is 2. The van der Waals surface area contributed by atoms with E-state index in [4.69, 9.17) is 4.74 Å². The number of benzene rings is 1. The minimum absolute atomic E-state index is 0.135. The van der Waals surface area contributed by atoms with E-state index in [0.29, 0.717) is 24.3 Å². The van der Waals surface area contributed by atoms with Gasteiger partial charge in [-0.2, -0.15) is 0 Å². The van der Waals surface area contributed by atoms with Gasteiger partial charge in [-0.15, -0.1) is 0 Å². The van der Waals surface area contributed by atoms with E-state index in [1.807, 2.05) is 37.3 Å². The van der Waals surface area contributed by atoms with Crippen LogP contribution in [0.15, 0.2) is 41.6 Å². The first kappa shape index (κ1) is 16.0. The molecule has 0 aliphatic rings. The van der Waals surface area contributed by atoms with Crippen molar-refractivity contribution in [1.82, 2.24) is 0 Å². The SMILES string of the molecule is CCOC(=O)/C(CC)=C(/C)N(C(C)=O)c1ccccc1. The van der Waals surface area contributed by atoms with Gasteiger partial charge in [0.25, 0.3) is 0 Å². The number of hydrogen-bond acceptors (Lipinski definition) is 3. The van der Waals surface area contributed by atoms with Gasteiger partial charge in [-0.1, -0.05) is 25.1 Å². The number of amides is 1. The fraction of sp³-hybridized carbons (Fsp3) is 0.375. The highest BCUT2D eigenvalue weighted by atomic mass is 16.5. The third-order valence-corrected chi connectivity index (χ3v) is 2.98. The fourth-order valence-corrected chi connectivity index (χ4v) is 2.09. The molecule has 4 nitrogen and oxygen atoms in total. The first-order chi connectivity index (χ1) is 9.52. The number of nitrogens with zero attached hydrogens (tertiary/aromatic N) is 1. The minimum atomic E-state index is -0.366. The predicted molar refractivity (Wildman–Crippen MR) is 79.2 cm³/mol. The van der Waals surface area contributed by atoms with Crippen LogP contribution in [0.1, 0.15) is 34.1 Å². The van der Waals surface area contributed by atoms with Crippen LogP contribution < -0.4 is 4.90 Å². The number of hydrogen-bond donors (Lipinski definition) is 0. The average Bonchev–Trinajstić information content (AvgIpc) is 2.40. The highest BCUT2D eigenvalue weighted by Gasteiger charge is 2.20. The Bertz CT molecular complexity index is 506. The van der Waals surface area contributed by atoms with Crippen LogP contribution in [0.2, 0.25) is 0 Å². The molecule has 108 valence electrons. The first-order valence-corrected chi connectivity index (χ1v) is 6.75. The van der Waals surface area contributed by atoms with E-state index in [9.17, 15) is 9.59 Å². The summed E-state index contributed by atoms with van der Waals surface area (Å²) in [6, 6.07) is 9.27. The molecule has 0 saturated heterocycles. The molecule has 0 aliphatic heterocycles. The zero-order chi connectivity index (χ0) is 15.1. The van der Waals surface area contributed by atoms with Crippen LogP contribution in [0.5, 0.6) is 0 Å². The van der Waals surface area contributed by atoms with Gasteiger partial charge in [0.05, 0.1) is 12.2 Å². The number of rotatable bonds is 5. The number of ether oxygens (including phenoxy) is 1. The second-order valence-corrected chi connectivity index (χ2v) is 4.33. The molecule has 0 aromatic heterocycles. The number of esters is 1. The minimum Gasteiger partial charge on any atom is -0.463 e. The van der Waals surface area contributed by atoms with Crippen molar-refractivity contribution in [1.29, 1.82) is 0 Å². The molecule has 0 atom stereocenters. The predicted octanol–water partition coefficient (Wildman–Crippen LogP) is 3.29. The van der Waals surface area contributed by atoms with Gasteiger partial charge < -0.3 is 4.74 Å². The zero-order valence-corrected chi connectivity index (χ0v) is 12.5. The van der Waals surface area contributed by atoms with E-state index in [1.165, 1.54) is 11.8 Å². The van der Waals surface area contributed by atoms with Crippen LogP contribution in [0.25, 0.3) is 0 Å². The van der Waals surface area contributed by atoms with Crippen molar-refractivity contribution in [2.75, 3.05) is 11.5 Å². The molecule has 0 radical (unpaired) electrons. The van der Waals surface area contributed by atoms with Crippen LogP contribution in [-0.2, 0) is 14.3 Å². The monoisotopic (exact) mass is 275 g/mol. The van der Waals surface area contributed by atoms with Crippen molar-refractivity contribution < 1.29 is 14.3 Å². The summed E-state index contributed by atoms with van der Waals surface area (Å²) in [7, 11) is 0. The standard InChI is InChI=1S/C16H21NO3/c1-5-15(16(19)20-6-2)12(3)17(13(4)18)14-10-8-7-9-11-14/h7-11H,5-6H2,1-4H3/b15-12-. The van der Waals surface area contributed by atoms with Gasteiger partial charge in [0, 0.05) is 18.3 Å². The summed E-state index contributed by atoms with van der Waals surface area (Å²) in [6.07, 6.45) is 0.515. The Balaban J connectivity index is 3.26. The molecule has 0 saturated carbocycles. The second kappa shape index (κ2) is 7.48. The molecule has 0 unspecified atom stereocenters. The molecule has 0 heterocycles. The maximum Gasteiger partial charge on any atom is 0.335 e. The molecule has 0 N–H and O–H groups in total. The Hall–Kier alpha value is -2.10. The second-order valence-electron chi connectivity index (χ2n) is 4.33. The van der Waals surface area contributed by atoms with Gasteiger partial charge in [0.1, 0.15) is 0 Å². The molecule has 4 heteroatoms. The van der Waals surface area contributed by atoms with Crippen LogP contribution >= 0.6 is 0 Å². The van der Waals surface area contributed by atoms with E-state index in [-0.39, 0.29) is 11.9 Å². The van der Waals surface area contributed by atoms with Crippen LogP contribution in [0, 0.1) is 0 Å². The topological polar surface area (TPSA) is 46.6 Å². The lowest BCUT2D eigenvalue weighted by atomic mass is 10.1. The molecule has 1 amide bonds. The van der Waals surface area contributed by atoms with E-state index >= 15 is 0 Å². The van der Waals surface area contributed by atoms with Gasteiger partial charge in [0.2, 0.25) is 5.91 Å². The van der Waals surface area contributed by atoms with E-state index in [1.54, 1.807) is 13.8 Å². The van der Waals surface area contributed by atoms with Gasteiger partial charge >= 0.3 is 5.97 Å². The smallest absolute Gasteiger partial charge is 0.335 e. The molecule has 0 fully saturated rings. The third kappa shape index (κ3) is 3.70. The average molecular weight is 275 g/mol. The highest BCUT2D eigenvalue weighted by Crippen LogP contribution is 2.23. The first-order valence-electron chi connectivity index (χ1n) is 6.75. The van der Waals surface area contributed by atoms with E-state index < -0.39 is 0 Å². The molecule has 1 aromatic carbocycles. The van der Waals surface area contributed by atoms with Crippen LogP contribution in [0.4, 0.5) is 5.69 Å². The molecule has 20 heavy (non-hydrogen) atoms. The molecule has 0 aliphatic carbocycles. The number of carbonyl (C=O) groups excluding carboxylic acids is 2. The molecule has 0 spiro atoms. The van der Waals surface area contributed by atoms with Crippen molar-refractivity contribution in [3.63, 3.8) is 0 Å². The molecule has 1 aromatic rings. The van der Waals surface area contributed by atoms with Crippen molar-refractivity contribution >= 4 is 17.6 Å². The number of anilines is 1. The van der Waals surface area contributed by atoms with Crippen LogP contribution in [-0.4, -0.2) is 18.5 Å². The Morgan fingerprint density at radius 2 is 1.70 bits per heavy atom. The Labute approximate surface area is 120 Å². The quantitative estimate of drug-likeness (QED) is 0.612. The summed E-state index contributed by atoms with van der Waals surface area (Å²) in [5.74, 6) is -0.501. The molecular weight excluding hydrogens is 254 g/mol. The van der Waals surface area contributed by atoms with Crippen molar-refractivity contribution in [2.45, 2.75) is 34.1 Å². The zero-order valence-electron chi connectivity index (χ0n) is 12.5. The molecular formula is C16H21NO3. The van der Waals surface area contributed by atoms with Gasteiger partial charge in [-0.25, -0.2) is 4.79 Å². The number of para-hydroxylation sites is 1.